The molecule has 5 heteroatoms. The lowest BCUT2D eigenvalue weighted by molar-refractivity contribution is -0.00744. The molecule has 2 atom stereocenters. The van der Waals surface area contributed by atoms with Crippen molar-refractivity contribution in [2.75, 3.05) is 6.61 Å². The van der Waals surface area contributed by atoms with E-state index in [-0.39, 0.29) is 12.1 Å². The van der Waals surface area contributed by atoms with Crippen molar-refractivity contribution in [1.82, 2.24) is 5.43 Å². The SMILES string of the molecule is NNC(Cc1ccc(Cl)c(Cl)c1)C1CCCCO1. The molecule has 1 aliphatic rings. The van der Waals surface area contributed by atoms with Gasteiger partial charge in [0.25, 0.3) is 0 Å². The van der Waals surface area contributed by atoms with Crippen molar-refractivity contribution in [3.8, 4) is 0 Å². The molecule has 2 rings (SSSR count). The van der Waals surface area contributed by atoms with Crippen LogP contribution < -0.4 is 11.3 Å². The molecule has 3 N–H and O–H groups in total. The summed E-state index contributed by atoms with van der Waals surface area (Å²) in [5.41, 5.74) is 3.97. The van der Waals surface area contributed by atoms with Crippen LogP contribution in [0.5, 0.6) is 0 Å². The molecule has 1 aliphatic heterocycles. The number of halogens is 2. The molecule has 0 spiro atoms. The van der Waals surface area contributed by atoms with E-state index in [0.717, 1.165) is 31.4 Å². The van der Waals surface area contributed by atoms with Crippen LogP contribution in [0.15, 0.2) is 18.2 Å². The maximum Gasteiger partial charge on any atom is 0.0744 e. The monoisotopic (exact) mass is 288 g/mol. The Hall–Kier alpha value is -0.320. The molecule has 1 fully saturated rings. The fourth-order valence-corrected chi connectivity index (χ4v) is 2.62. The minimum atomic E-state index is 0.113. The third-order valence-electron chi connectivity index (χ3n) is 3.32. The van der Waals surface area contributed by atoms with E-state index >= 15 is 0 Å². The highest BCUT2D eigenvalue weighted by Gasteiger charge is 2.23. The molecule has 3 nitrogen and oxygen atoms in total. The standard InChI is InChI=1S/C13H18Cl2N2O/c14-10-5-4-9(7-11(10)15)8-12(17-16)13-3-1-2-6-18-13/h4-5,7,12-13,17H,1-3,6,8,16H2. The number of ether oxygens (including phenoxy) is 1. The quantitative estimate of drug-likeness (QED) is 0.662. The van der Waals surface area contributed by atoms with Gasteiger partial charge in [-0.15, -0.1) is 0 Å². The Labute approximate surface area is 118 Å². The maximum absolute atomic E-state index is 6.01. The summed E-state index contributed by atoms with van der Waals surface area (Å²) in [5, 5.41) is 1.15. The summed E-state index contributed by atoms with van der Waals surface area (Å²) >= 11 is 11.9. The Morgan fingerprint density at radius 3 is 2.78 bits per heavy atom. The molecule has 0 radical (unpaired) electrons. The van der Waals surface area contributed by atoms with Gasteiger partial charge < -0.3 is 4.74 Å². The van der Waals surface area contributed by atoms with Crippen LogP contribution in [0.3, 0.4) is 0 Å². The van der Waals surface area contributed by atoms with Gasteiger partial charge >= 0.3 is 0 Å². The lowest BCUT2D eigenvalue weighted by atomic mass is 9.96. The van der Waals surface area contributed by atoms with Crippen LogP contribution in [-0.2, 0) is 11.2 Å². The zero-order chi connectivity index (χ0) is 13.0. The second kappa shape index (κ2) is 6.73. The van der Waals surface area contributed by atoms with E-state index in [9.17, 15) is 0 Å². The molecule has 0 aliphatic carbocycles. The fraction of sp³-hybridized carbons (Fsp3) is 0.538. The summed E-state index contributed by atoms with van der Waals surface area (Å²) in [6.45, 7) is 0.824. The Bertz CT molecular complexity index is 395. The third kappa shape index (κ3) is 3.59. The molecule has 1 heterocycles. The average Bonchev–Trinajstić information content (AvgIpc) is 2.41. The first-order valence-electron chi connectivity index (χ1n) is 6.22. The van der Waals surface area contributed by atoms with E-state index < -0.39 is 0 Å². The minimum absolute atomic E-state index is 0.113. The lowest BCUT2D eigenvalue weighted by Gasteiger charge is -2.30. The molecule has 1 aromatic carbocycles. The second-order valence-electron chi connectivity index (χ2n) is 4.63. The number of rotatable bonds is 4. The van der Waals surface area contributed by atoms with Crippen molar-refractivity contribution < 1.29 is 4.74 Å². The summed E-state index contributed by atoms with van der Waals surface area (Å²) in [7, 11) is 0. The Morgan fingerprint density at radius 2 is 2.17 bits per heavy atom. The number of hydrazine groups is 1. The lowest BCUT2D eigenvalue weighted by Crippen LogP contribution is -2.47. The van der Waals surface area contributed by atoms with Crippen LogP contribution in [0, 0.1) is 0 Å². The van der Waals surface area contributed by atoms with Crippen LogP contribution in [-0.4, -0.2) is 18.8 Å². The van der Waals surface area contributed by atoms with E-state index in [1.807, 2.05) is 18.2 Å². The zero-order valence-corrected chi connectivity index (χ0v) is 11.7. The Balaban J connectivity index is 2.02. The topological polar surface area (TPSA) is 47.3 Å². The Morgan fingerprint density at radius 1 is 1.33 bits per heavy atom. The number of nitrogens with one attached hydrogen (secondary N) is 1. The molecular weight excluding hydrogens is 271 g/mol. The van der Waals surface area contributed by atoms with Gasteiger partial charge in [-0.25, -0.2) is 0 Å². The molecule has 0 aromatic heterocycles. The van der Waals surface area contributed by atoms with Gasteiger partial charge in [-0.1, -0.05) is 29.3 Å². The van der Waals surface area contributed by atoms with Crippen molar-refractivity contribution in [2.45, 2.75) is 37.8 Å². The summed E-state index contributed by atoms with van der Waals surface area (Å²) in [6.07, 6.45) is 4.36. The molecular formula is C13H18Cl2N2O. The smallest absolute Gasteiger partial charge is 0.0744 e. The predicted molar refractivity (Wildman–Crippen MR) is 74.9 cm³/mol. The van der Waals surface area contributed by atoms with E-state index in [1.54, 1.807) is 0 Å². The first kappa shape index (κ1) is 14.1. The second-order valence-corrected chi connectivity index (χ2v) is 5.45. The van der Waals surface area contributed by atoms with Crippen LogP contribution in [0.4, 0.5) is 0 Å². The summed E-state index contributed by atoms with van der Waals surface area (Å²) < 4.78 is 5.76. The first-order chi connectivity index (χ1) is 8.70. The van der Waals surface area contributed by atoms with Gasteiger partial charge in [0.1, 0.15) is 0 Å². The third-order valence-corrected chi connectivity index (χ3v) is 4.06. The van der Waals surface area contributed by atoms with Gasteiger partial charge in [-0.05, 0) is 43.4 Å². The molecule has 0 bridgehead atoms. The summed E-state index contributed by atoms with van der Waals surface area (Å²) in [4.78, 5) is 0. The summed E-state index contributed by atoms with van der Waals surface area (Å²) in [6, 6.07) is 5.79. The zero-order valence-electron chi connectivity index (χ0n) is 10.2. The van der Waals surface area contributed by atoms with Gasteiger partial charge in [0.05, 0.1) is 22.2 Å². The number of hydrogen-bond acceptors (Lipinski definition) is 3. The molecule has 0 amide bonds. The van der Waals surface area contributed by atoms with Crippen molar-refractivity contribution in [3.63, 3.8) is 0 Å². The molecule has 0 saturated carbocycles. The highest BCUT2D eigenvalue weighted by atomic mass is 35.5. The number of hydrogen-bond donors (Lipinski definition) is 2. The fourth-order valence-electron chi connectivity index (χ4n) is 2.30. The van der Waals surface area contributed by atoms with E-state index in [1.165, 1.54) is 6.42 Å². The largest absolute Gasteiger partial charge is 0.377 e. The average molecular weight is 289 g/mol. The van der Waals surface area contributed by atoms with Gasteiger partial charge in [0, 0.05) is 6.61 Å². The molecule has 1 aromatic rings. The van der Waals surface area contributed by atoms with Crippen molar-refractivity contribution in [3.05, 3.63) is 33.8 Å². The molecule has 1 saturated heterocycles. The highest BCUT2D eigenvalue weighted by molar-refractivity contribution is 6.42. The van der Waals surface area contributed by atoms with Gasteiger partial charge in [-0.3, -0.25) is 11.3 Å². The van der Waals surface area contributed by atoms with Crippen molar-refractivity contribution >= 4 is 23.2 Å². The van der Waals surface area contributed by atoms with Crippen LogP contribution in [0.25, 0.3) is 0 Å². The van der Waals surface area contributed by atoms with E-state index in [0.29, 0.717) is 10.0 Å². The molecule has 18 heavy (non-hydrogen) atoms. The normalized spacial score (nSPS) is 21.8. The number of nitrogens with two attached hydrogens (primary N) is 1. The number of benzene rings is 1. The van der Waals surface area contributed by atoms with Gasteiger partial charge in [-0.2, -0.15) is 0 Å². The Kier molecular flexibility index (Phi) is 5.27. The van der Waals surface area contributed by atoms with Crippen LogP contribution in [0.2, 0.25) is 10.0 Å². The van der Waals surface area contributed by atoms with Crippen molar-refractivity contribution in [2.24, 2.45) is 5.84 Å². The summed E-state index contributed by atoms with van der Waals surface area (Å²) in [5.74, 6) is 5.63. The first-order valence-corrected chi connectivity index (χ1v) is 6.98. The molecule has 2 unspecified atom stereocenters. The van der Waals surface area contributed by atoms with Crippen LogP contribution in [0.1, 0.15) is 24.8 Å². The highest BCUT2D eigenvalue weighted by Crippen LogP contribution is 2.24. The van der Waals surface area contributed by atoms with Crippen molar-refractivity contribution in [1.29, 1.82) is 0 Å². The van der Waals surface area contributed by atoms with Gasteiger partial charge in [0.2, 0.25) is 0 Å². The minimum Gasteiger partial charge on any atom is -0.377 e. The van der Waals surface area contributed by atoms with E-state index in [4.69, 9.17) is 33.8 Å². The predicted octanol–water partition coefficient (Wildman–Crippen LogP) is 2.94. The van der Waals surface area contributed by atoms with Gasteiger partial charge in [0.15, 0.2) is 0 Å². The molecule has 100 valence electrons. The van der Waals surface area contributed by atoms with Crippen LogP contribution >= 0.6 is 23.2 Å². The maximum atomic E-state index is 6.01. The van der Waals surface area contributed by atoms with E-state index in [2.05, 4.69) is 5.43 Å².